The van der Waals surface area contributed by atoms with E-state index in [4.69, 9.17) is 4.74 Å². The van der Waals surface area contributed by atoms with E-state index >= 15 is 0 Å². The van der Waals surface area contributed by atoms with Crippen LogP contribution in [0.25, 0.3) is 10.2 Å². The molecule has 0 spiro atoms. The Morgan fingerprint density at radius 3 is 2.39 bits per heavy atom. The molecule has 0 aliphatic carbocycles. The van der Waals surface area contributed by atoms with Crippen LogP contribution in [0, 0.1) is 5.82 Å². The summed E-state index contributed by atoms with van der Waals surface area (Å²) in [7, 11) is -3.94. The second-order valence-electron chi connectivity index (χ2n) is 7.34. The second-order valence-corrected chi connectivity index (χ2v) is 10.3. The van der Waals surface area contributed by atoms with Crippen LogP contribution in [0.3, 0.4) is 0 Å². The number of sulfone groups is 1. The normalized spacial score (nSPS) is 11.8. The van der Waals surface area contributed by atoms with Gasteiger partial charge in [0, 0.05) is 13.1 Å². The van der Waals surface area contributed by atoms with Gasteiger partial charge in [-0.1, -0.05) is 25.2 Å². The first kappa shape index (κ1) is 25.1. The van der Waals surface area contributed by atoms with Crippen LogP contribution in [0.15, 0.2) is 47.4 Å². The Morgan fingerprint density at radius 1 is 1.06 bits per heavy atom. The van der Waals surface area contributed by atoms with Gasteiger partial charge >= 0.3 is 0 Å². The average Bonchev–Trinajstić information content (AvgIpc) is 3.20. The molecule has 0 aliphatic heterocycles. The lowest BCUT2D eigenvalue weighted by Gasteiger charge is -2.24. The molecule has 0 saturated heterocycles. The lowest BCUT2D eigenvalue weighted by molar-refractivity contribution is -0.116. The third kappa shape index (κ3) is 6.27. The van der Waals surface area contributed by atoms with Crippen molar-refractivity contribution in [3.05, 3.63) is 48.3 Å². The number of hydrogen-bond donors (Lipinski definition) is 0. The van der Waals surface area contributed by atoms with Crippen LogP contribution in [0.4, 0.5) is 9.52 Å². The fraction of sp³-hybridized carbons (Fsp3) is 0.391. The van der Waals surface area contributed by atoms with Crippen LogP contribution in [0.5, 0.6) is 5.75 Å². The molecule has 3 rings (SSSR count). The summed E-state index contributed by atoms with van der Waals surface area (Å²) >= 11 is 1.32. The van der Waals surface area contributed by atoms with Gasteiger partial charge in [-0.15, -0.1) is 0 Å². The number of fused-ring (bicyclic) bond motifs is 1. The van der Waals surface area contributed by atoms with Crippen LogP contribution in [0.2, 0.25) is 0 Å². The monoisotopic (exact) mass is 493 g/mol. The number of aromatic nitrogens is 1. The number of nitrogens with zero attached hydrogens (tertiary/aromatic N) is 3. The van der Waals surface area contributed by atoms with E-state index in [9.17, 15) is 17.6 Å². The van der Waals surface area contributed by atoms with E-state index in [2.05, 4.69) is 9.88 Å². The molecular formula is C23H28FN3O4S2. The van der Waals surface area contributed by atoms with E-state index in [1.807, 2.05) is 39.0 Å². The van der Waals surface area contributed by atoms with Gasteiger partial charge in [-0.3, -0.25) is 9.69 Å². The molecule has 0 atom stereocenters. The summed E-state index contributed by atoms with van der Waals surface area (Å²) in [6, 6.07) is 9.98. The van der Waals surface area contributed by atoms with Crippen molar-refractivity contribution in [2.75, 3.05) is 43.4 Å². The molecule has 2 aromatic carbocycles. The van der Waals surface area contributed by atoms with Crippen molar-refractivity contribution in [3.63, 3.8) is 0 Å². The quantitative estimate of drug-likeness (QED) is 0.376. The summed E-state index contributed by atoms with van der Waals surface area (Å²) in [4.78, 5) is 21.3. The summed E-state index contributed by atoms with van der Waals surface area (Å²) < 4.78 is 45.2. The minimum atomic E-state index is -3.94. The lowest BCUT2D eigenvalue weighted by atomic mass is 10.3. The van der Waals surface area contributed by atoms with Gasteiger partial charge in [-0.05, 0) is 62.5 Å². The topological polar surface area (TPSA) is 79.8 Å². The van der Waals surface area contributed by atoms with E-state index in [0.29, 0.717) is 36.1 Å². The number of carbonyl (C=O) groups is 1. The first-order valence-electron chi connectivity index (χ1n) is 10.8. The van der Waals surface area contributed by atoms with Gasteiger partial charge in [-0.2, -0.15) is 0 Å². The van der Waals surface area contributed by atoms with Crippen LogP contribution in [-0.4, -0.2) is 62.7 Å². The largest absolute Gasteiger partial charge is 0.494 e. The van der Waals surface area contributed by atoms with E-state index < -0.39 is 27.3 Å². The van der Waals surface area contributed by atoms with Crippen molar-refractivity contribution < 1.29 is 22.3 Å². The molecule has 0 unspecified atom stereocenters. The van der Waals surface area contributed by atoms with Gasteiger partial charge < -0.3 is 9.64 Å². The van der Waals surface area contributed by atoms with Crippen LogP contribution < -0.4 is 9.64 Å². The van der Waals surface area contributed by atoms with Gasteiger partial charge in [0.05, 0.1) is 21.7 Å². The number of anilines is 1. The molecule has 0 bridgehead atoms. The predicted molar refractivity (Wildman–Crippen MR) is 129 cm³/mol. The van der Waals surface area contributed by atoms with Gasteiger partial charge in [0.15, 0.2) is 15.0 Å². The average molecular weight is 494 g/mol. The van der Waals surface area contributed by atoms with Crippen molar-refractivity contribution in [2.24, 2.45) is 0 Å². The number of hydrogen-bond acceptors (Lipinski definition) is 7. The van der Waals surface area contributed by atoms with Crippen LogP contribution >= 0.6 is 11.3 Å². The molecule has 178 valence electrons. The van der Waals surface area contributed by atoms with Gasteiger partial charge in [0.1, 0.15) is 17.3 Å². The van der Waals surface area contributed by atoms with E-state index in [1.165, 1.54) is 28.4 Å². The van der Waals surface area contributed by atoms with Crippen molar-refractivity contribution in [1.82, 2.24) is 9.88 Å². The molecule has 0 N–H and O–H groups in total. The smallest absolute Gasteiger partial charge is 0.244 e. The highest BCUT2D eigenvalue weighted by Gasteiger charge is 2.27. The first-order valence-corrected chi connectivity index (χ1v) is 13.3. The fourth-order valence-corrected chi connectivity index (χ4v) is 5.57. The lowest BCUT2D eigenvalue weighted by Crippen LogP contribution is -2.41. The van der Waals surface area contributed by atoms with Crippen molar-refractivity contribution in [2.45, 2.75) is 25.7 Å². The molecule has 3 aromatic rings. The Kier molecular flexibility index (Phi) is 8.39. The SMILES string of the molecule is CCOc1ccc2nc(N(CCN(CC)CC)C(=O)CS(=O)(=O)c3ccc(F)cc3)sc2c1. The van der Waals surface area contributed by atoms with Gasteiger partial charge in [0.2, 0.25) is 5.91 Å². The van der Waals surface area contributed by atoms with Crippen molar-refractivity contribution in [3.8, 4) is 5.75 Å². The molecular weight excluding hydrogens is 465 g/mol. The number of amides is 1. The maximum absolute atomic E-state index is 13.2. The van der Waals surface area contributed by atoms with Gasteiger partial charge in [-0.25, -0.2) is 17.8 Å². The molecule has 33 heavy (non-hydrogen) atoms. The third-order valence-corrected chi connectivity index (χ3v) is 7.87. The number of benzene rings is 2. The molecule has 0 aliphatic rings. The Balaban J connectivity index is 1.90. The Labute approximate surface area is 197 Å². The maximum atomic E-state index is 13.2. The zero-order chi connectivity index (χ0) is 24.0. The number of halogens is 1. The summed E-state index contributed by atoms with van der Waals surface area (Å²) in [5, 5.41) is 0.435. The standard InChI is InChI=1S/C23H28FN3O4S2/c1-4-26(5-2)13-14-27(22(28)16-33(29,30)19-10-7-17(24)8-11-19)23-25-20-12-9-18(31-6-3)15-21(20)32-23/h7-12,15H,4-6,13-14,16H2,1-3H3. The summed E-state index contributed by atoms with van der Waals surface area (Å²) in [5.74, 6) is -1.13. The van der Waals surface area contributed by atoms with E-state index in [0.717, 1.165) is 29.9 Å². The van der Waals surface area contributed by atoms with Crippen molar-refractivity contribution in [1.29, 1.82) is 0 Å². The van der Waals surface area contributed by atoms with Crippen molar-refractivity contribution >= 4 is 42.4 Å². The van der Waals surface area contributed by atoms with E-state index in [-0.39, 0.29) is 4.90 Å². The summed E-state index contributed by atoms with van der Waals surface area (Å²) in [6.07, 6.45) is 0. The van der Waals surface area contributed by atoms with Crippen LogP contribution in [0.1, 0.15) is 20.8 Å². The minimum Gasteiger partial charge on any atom is -0.494 e. The molecule has 7 nitrogen and oxygen atoms in total. The molecule has 1 aromatic heterocycles. The number of thiazole rings is 1. The van der Waals surface area contributed by atoms with Gasteiger partial charge in [0.25, 0.3) is 0 Å². The van der Waals surface area contributed by atoms with E-state index in [1.54, 1.807) is 0 Å². The highest BCUT2D eigenvalue weighted by atomic mass is 32.2. The number of likely N-dealkylation sites (N-methyl/N-ethyl adjacent to an activating group) is 1. The molecule has 0 fully saturated rings. The highest BCUT2D eigenvalue weighted by Crippen LogP contribution is 2.32. The molecule has 10 heteroatoms. The number of rotatable bonds is 11. The summed E-state index contributed by atoms with van der Waals surface area (Å²) in [5.41, 5.74) is 0.709. The Bertz CT molecular complexity index is 1190. The molecule has 0 saturated carbocycles. The minimum absolute atomic E-state index is 0.0911. The zero-order valence-corrected chi connectivity index (χ0v) is 20.6. The number of ether oxygens (including phenoxy) is 1. The zero-order valence-electron chi connectivity index (χ0n) is 19.0. The Hall–Kier alpha value is -2.56. The first-order chi connectivity index (χ1) is 15.8. The number of carbonyl (C=O) groups excluding carboxylic acids is 1. The highest BCUT2D eigenvalue weighted by molar-refractivity contribution is 7.92. The molecule has 1 amide bonds. The molecule has 1 heterocycles. The van der Waals surface area contributed by atoms with Crippen LogP contribution in [-0.2, 0) is 14.6 Å². The predicted octanol–water partition coefficient (Wildman–Crippen LogP) is 3.98. The second kappa shape index (κ2) is 11.0. The Morgan fingerprint density at radius 2 is 1.76 bits per heavy atom. The summed E-state index contributed by atoms with van der Waals surface area (Å²) in [6.45, 7) is 8.99. The fourth-order valence-electron chi connectivity index (χ4n) is 3.34. The molecule has 0 radical (unpaired) electrons. The maximum Gasteiger partial charge on any atom is 0.244 e. The third-order valence-electron chi connectivity index (χ3n) is 5.21.